The van der Waals surface area contributed by atoms with Crippen molar-refractivity contribution in [3.63, 3.8) is 0 Å². The summed E-state index contributed by atoms with van der Waals surface area (Å²) in [5.41, 5.74) is 6.78. The third kappa shape index (κ3) is 5.31. The average Bonchev–Trinajstić information content (AvgIpc) is 3.21. The predicted octanol–water partition coefficient (Wildman–Crippen LogP) is 7.26. The summed E-state index contributed by atoms with van der Waals surface area (Å²) in [6.07, 6.45) is 6.58. The van der Waals surface area contributed by atoms with Crippen LogP contribution >= 0.6 is 11.6 Å². The van der Waals surface area contributed by atoms with E-state index < -0.39 is 0 Å². The molecule has 0 unspecified atom stereocenters. The molecular weight excluding hydrogens is 470 g/mol. The van der Waals surface area contributed by atoms with E-state index in [-0.39, 0.29) is 5.78 Å². The summed E-state index contributed by atoms with van der Waals surface area (Å²) in [5.74, 6) is 1.40. The van der Waals surface area contributed by atoms with E-state index in [9.17, 15) is 9.90 Å². The van der Waals surface area contributed by atoms with E-state index in [0.717, 1.165) is 79.2 Å². The molecule has 2 aliphatic rings. The fourth-order valence-corrected chi connectivity index (χ4v) is 5.25. The Bertz CT molecular complexity index is 1280. The number of aryl methyl sites for hydroxylation is 2. The second-order valence-electron chi connectivity index (χ2n) is 9.81. The van der Waals surface area contributed by atoms with Crippen LogP contribution in [0.2, 0.25) is 5.02 Å². The van der Waals surface area contributed by atoms with Crippen LogP contribution < -0.4 is 4.90 Å². The zero-order valence-corrected chi connectivity index (χ0v) is 21.5. The SMILES string of the molecule is Cc1ccc(-c2nc3c(nc2-c2ccc(Cl)cc2)N(CCCCCC2=C(O)CCC2=O)CCC3)cc1. The van der Waals surface area contributed by atoms with Crippen LogP contribution in [-0.2, 0) is 11.2 Å². The van der Waals surface area contributed by atoms with Crippen LogP contribution in [0.4, 0.5) is 5.82 Å². The summed E-state index contributed by atoms with van der Waals surface area (Å²) in [4.78, 5) is 24.6. The quantitative estimate of drug-likeness (QED) is 0.329. The molecule has 0 saturated carbocycles. The molecule has 0 spiro atoms. The smallest absolute Gasteiger partial charge is 0.162 e. The number of aromatic nitrogens is 2. The number of halogens is 1. The Labute approximate surface area is 217 Å². The first-order chi connectivity index (χ1) is 17.5. The van der Waals surface area contributed by atoms with Gasteiger partial charge in [0.25, 0.3) is 0 Å². The molecule has 0 fully saturated rings. The number of aliphatic hydroxyl groups excluding tert-OH is 1. The lowest BCUT2D eigenvalue weighted by molar-refractivity contribution is -0.115. The van der Waals surface area contributed by atoms with Gasteiger partial charge in [0.05, 0.1) is 22.8 Å². The average molecular weight is 502 g/mol. The van der Waals surface area contributed by atoms with E-state index in [1.54, 1.807) is 0 Å². The number of fused-ring (bicyclic) bond motifs is 1. The third-order valence-corrected chi connectivity index (χ3v) is 7.41. The summed E-state index contributed by atoms with van der Waals surface area (Å²) in [5, 5.41) is 10.6. The van der Waals surface area contributed by atoms with Gasteiger partial charge in [0.15, 0.2) is 11.6 Å². The van der Waals surface area contributed by atoms with Crippen molar-refractivity contribution < 1.29 is 9.90 Å². The Morgan fingerprint density at radius 3 is 2.28 bits per heavy atom. The first kappa shape index (κ1) is 24.5. The molecule has 6 heteroatoms. The van der Waals surface area contributed by atoms with Gasteiger partial charge in [0.2, 0.25) is 0 Å². The second kappa shape index (κ2) is 10.8. The number of Topliss-reactive ketones (excluding diaryl/α,β-unsaturated/α-hetero) is 1. The van der Waals surface area contributed by atoms with E-state index in [2.05, 4.69) is 36.1 Å². The molecule has 3 aromatic rings. The highest BCUT2D eigenvalue weighted by Crippen LogP contribution is 2.35. The lowest BCUT2D eigenvalue weighted by atomic mass is 10.0. The summed E-state index contributed by atoms with van der Waals surface area (Å²) in [7, 11) is 0. The first-order valence-electron chi connectivity index (χ1n) is 12.9. The number of hydrogen-bond donors (Lipinski definition) is 1. The Hall–Kier alpha value is -3.18. The normalized spacial score (nSPS) is 15.5. The molecule has 5 nitrogen and oxygen atoms in total. The Balaban J connectivity index is 1.37. The van der Waals surface area contributed by atoms with Gasteiger partial charge >= 0.3 is 0 Å². The van der Waals surface area contributed by atoms with E-state index in [4.69, 9.17) is 21.6 Å². The molecule has 0 atom stereocenters. The Morgan fingerprint density at radius 2 is 1.58 bits per heavy atom. The first-order valence-corrected chi connectivity index (χ1v) is 13.3. The zero-order chi connectivity index (χ0) is 25.1. The number of ketones is 1. The van der Waals surface area contributed by atoms with Crippen LogP contribution in [0.3, 0.4) is 0 Å². The van der Waals surface area contributed by atoms with E-state index in [1.165, 1.54) is 5.56 Å². The number of carbonyl (C=O) groups is 1. The molecule has 5 rings (SSSR count). The van der Waals surface area contributed by atoms with E-state index in [0.29, 0.717) is 35.6 Å². The molecule has 1 N–H and O–H groups in total. The van der Waals surface area contributed by atoms with E-state index >= 15 is 0 Å². The molecule has 0 bridgehead atoms. The van der Waals surface area contributed by atoms with Crippen molar-refractivity contribution in [3.05, 3.63) is 76.1 Å². The van der Waals surface area contributed by atoms with Gasteiger partial charge in [-0.1, -0.05) is 60.0 Å². The maximum absolute atomic E-state index is 11.9. The number of unbranched alkanes of at least 4 members (excludes halogenated alkanes) is 2. The molecule has 2 heterocycles. The number of carbonyl (C=O) groups excluding carboxylic acids is 1. The highest BCUT2D eigenvalue weighted by Gasteiger charge is 2.24. The van der Waals surface area contributed by atoms with Crippen LogP contribution in [0.5, 0.6) is 0 Å². The van der Waals surface area contributed by atoms with Gasteiger partial charge in [-0.05, 0) is 51.2 Å². The summed E-state index contributed by atoms with van der Waals surface area (Å²) in [6.45, 7) is 3.96. The van der Waals surface area contributed by atoms with Crippen molar-refractivity contribution in [2.75, 3.05) is 18.0 Å². The minimum absolute atomic E-state index is 0.117. The number of hydrogen-bond acceptors (Lipinski definition) is 5. The van der Waals surface area contributed by atoms with Crippen LogP contribution in [0.15, 0.2) is 59.9 Å². The van der Waals surface area contributed by atoms with Gasteiger partial charge in [-0.2, -0.15) is 0 Å². The van der Waals surface area contributed by atoms with Crippen molar-refractivity contribution in [2.24, 2.45) is 0 Å². The lowest BCUT2D eigenvalue weighted by Gasteiger charge is -2.30. The molecule has 186 valence electrons. The van der Waals surface area contributed by atoms with Gasteiger partial charge in [-0.25, -0.2) is 9.97 Å². The molecule has 0 radical (unpaired) electrons. The molecule has 1 aromatic heterocycles. The van der Waals surface area contributed by atoms with Gasteiger partial charge in [-0.15, -0.1) is 0 Å². The van der Waals surface area contributed by atoms with Crippen molar-refractivity contribution in [1.82, 2.24) is 9.97 Å². The zero-order valence-electron chi connectivity index (χ0n) is 20.8. The number of benzene rings is 2. The van der Waals surface area contributed by atoms with Crippen LogP contribution in [0.1, 0.15) is 56.2 Å². The largest absolute Gasteiger partial charge is 0.512 e. The predicted molar refractivity (Wildman–Crippen MR) is 146 cm³/mol. The highest BCUT2D eigenvalue weighted by atomic mass is 35.5. The van der Waals surface area contributed by atoms with Crippen LogP contribution in [0.25, 0.3) is 22.5 Å². The highest BCUT2D eigenvalue weighted by molar-refractivity contribution is 6.30. The molecule has 0 amide bonds. The summed E-state index contributed by atoms with van der Waals surface area (Å²) >= 11 is 6.17. The summed E-state index contributed by atoms with van der Waals surface area (Å²) in [6, 6.07) is 16.3. The molecule has 2 aromatic carbocycles. The number of allylic oxidation sites excluding steroid dienone is 2. The monoisotopic (exact) mass is 501 g/mol. The molecule has 1 aliphatic heterocycles. The minimum atomic E-state index is 0.117. The van der Waals surface area contributed by atoms with Crippen LogP contribution in [0, 0.1) is 6.92 Å². The van der Waals surface area contributed by atoms with Gasteiger partial charge < -0.3 is 10.0 Å². The molecule has 0 saturated heterocycles. The maximum atomic E-state index is 11.9. The number of nitrogens with zero attached hydrogens (tertiary/aromatic N) is 3. The van der Waals surface area contributed by atoms with Gasteiger partial charge in [0, 0.05) is 47.7 Å². The molecule has 1 aliphatic carbocycles. The molecule has 36 heavy (non-hydrogen) atoms. The van der Waals surface area contributed by atoms with Gasteiger partial charge in [0.1, 0.15) is 0 Å². The molecular formula is C30H32ClN3O2. The van der Waals surface area contributed by atoms with Crippen molar-refractivity contribution in [3.8, 4) is 22.5 Å². The lowest BCUT2D eigenvalue weighted by Crippen LogP contribution is -2.32. The van der Waals surface area contributed by atoms with Crippen molar-refractivity contribution >= 4 is 23.2 Å². The second-order valence-corrected chi connectivity index (χ2v) is 10.3. The summed E-state index contributed by atoms with van der Waals surface area (Å²) < 4.78 is 0. The van der Waals surface area contributed by atoms with Crippen molar-refractivity contribution in [2.45, 2.75) is 58.3 Å². The maximum Gasteiger partial charge on any atom is 0.162 e. The van der Waals surface area contributed by atoms with Gasteiger partial charge in [-0.3, -0.25) is 4.79 Å². The van der Waals surface area contributed by atoms with Crippen molar-refractivity contribution in [1.29, 1.82) is 0 Å². The van der Waals surface area contributed by atoms with E-state index in [1.807, 2.05) is 24.3 Å². The Morgan fingerprint density at radius 1 is 0.889 bits per heavy atom. The topological polar surface area (TPSA) is 66.3 Å². The standard InChI is InChI=1S/C30H32ClN3O2/c1-20-8-10-21(11-9-20)28-29(22-12-14-23(31)15-13-22)33-30-25(32-28)7-5-19-34(30)18-4-2-3-6-24-26(35)16-17-27(24)36/h8-15,35H,2-7,16-19H2,1H3. The Kier molecular flexibility index (Phi) is 7.38. The third-order valence-electron chi connectivity index (χ3n) is 7.16. The number of aliphatic hydroxyl groups is 1. The fraction of sp³-hybridized carbons (Fsp3) is 0.367. The minimum Gasteiger partial charge on any atom is -0.512 e. The fourth-order valence-electron chi connectivity index (χ4n) is 5.12. The van der Waals surface area contributed by atoms with Crippen LogP contribution in [-0.4, -0.2) is 33.9 Å². The number of rotatable bonds is 8. The number of anilines is 1.